The average Bonchev–Trinajstić information content (AvgIpc) is 2.37. The lowest BCUT2D eigenvalue weighted by Gasteiger charge is -2.36. The number of aliphatic hydroxyl groups is 1. The van der Waals surface area contributed by atoms with Crippen molar-refractivity contribution in [1.29, 1.82) is 0 Å². The monoisotopic (exact) mass is 263 g/mol. The molecule has 2 N–H and O–H groups in total. The summed E-state index contributed by atoms with van der Waals surface area (Å²) in [5.41, 5.74) is 0.707. The normalized spacial score (nSPS) is 18.9. The molecule has 0 spiro atoms. The van der Waals surface area contributed by atoms with Crippen LogP contribution in [-0.4, -0.2) is 34.8 Å². The predicted octanol–water partition coefficient (Wildman–Crippen LogP) is 1.93. The van der Waals surface area contributed by atoms with Crippen LogP contribution in [0, 0.1) is 0 Å². The zero-order valence-corrected chi connectivity index (χ0v) is 12.2. The highest BCUT2D eigenvalue weighted by molar-refractivity contribution is 5.40. The van der Waals surface area contributed by atoms with Gasteiger partial charge in [0.25, 0.3) is 0 Å². The van der Waals surface area contributed by atoms with Crippen LogP contribution in [0.2, 0.25) is 0 Å². The van der Waals surface area contributed by atoms with Crippen molar-refractivity contribution in [2.45, 2.75) is 51.8 Å². The Balaban J connectivity index is 1.92. The van der Waals surface area contributed by atoms with Crippen LogP contribution in [0.1, 0.15) is 39.2 Å². The highest BCUT2D eigenvalue weighted by Crippen LogP contribution is 2.24. The molecule has 1 aliphatic rings. The maximum Gasteiger partial charge on any atom is 0.128 e. The zero-order chi connectivity index (χ0) is 13.9. The van der Waals surface area contributed by atoms with E-state index in [0.29, 0.717) is 6.04 Å². The molecular weight excluding hydrogens is 238 g/mol. The highest BCUT2D eigenvalue weighted by Gasteiger charge is 2.27. The van der Waals surface area contributed by atoms with E-state index < -0.39 is 5.60 Å². The molecule has 1 saturated heterocycles. The molecule has 19 heavy (non-hydrogen) atoms. The van der Waals surface area contributed by atoms with Crippen molar-refractivity contribution in [1.82, 2.24) is 10.3 Å². The highest BCUT2D eigenvalue weighted by atomic mass is 16.3. The number of hydrogen-bond acceptors (Lipinski definition) is 4. The Morgan fingerprint density at radius 3 is 2.58 bits per heavy atom. The third-order valence-electron chi connectivity index (χ3n) is 3.69. The van der Waals surface area contributed by atoms with Gasteiger partial charge in [-0.15, -0.1) is 0 Å². The lowest BCUT2D eigenvalue weighted by atomic mass is 9.94. The Hall–Kier alpha value is -1.13. The predicted molar refractivity (Wildman–Crippen MR) is 78.3 cm³/mol. The molecule has 1 aromatic heterocycles. The fourth-order valence-corrected chi connectivity index (χ4v) is 2.25. The Morgan fingerprint density at radius 1 is 1.37 bits per heavy atom. The topological polar surface area (TPSA) is 48.4 Å². The van der Waals surface area contributed by atoms with Crippen LogP contribution >= 0.6 is 0 Å². The number of pyridine rings is 1. The summed E-state index contributed by atoms with van der Waals surface area (Å²) in [5.74, 6) is 1.02. The van der Waals surface area contributed by atoms with Gasteiger partial charge in [-0.05, 0) is 31.4 Å². The molecule has 1 fully saturated rings. The van der Waals surface area contributed by atoms with E-state index in [1.165, 1.54) is 5.56 Å². The minimum Gasteiger partial charge on any atom is -0.390 e. The molecule has 2 heterocycles. The van der Waals surface area contributed by atoms with Crippen molar-refractivity contribution in [3.05, 3.63) is 23.9 Å². The SMILES string of the molecule is CC(C)NCc1ccc(N2CCC(C)(O)CC2)nc1. The van der Waals surface area contributed by atoms with Crippen LogP contribution in [0.15, 0.2) is 18.3 Å². The second-order valence-corrected chi connectivity index (χ2v) is 6.04. The summed E-state index contributed by atoms with van der Waals surface area (Å²) in [6.45, 7) is 8.81. The average molecular weight is 263 g/mol. The number of anilines is 1. The molecular formula is C15H25N3O. The van der Waals surface area contributed by atoms with Crippen molar-refractivity contribution in [2.75, 3.05) is 18.0 Å². The standard InChI is InChI=1S/C15H25N3O/c1-12(2)16-10-13-4-5-14(17-11-13)18-8-6-15(3,19)7-9-18/h4-5,11-12,16,19H,6-10H2,1-3H3. The van der Waals surface area contributed by atoms with E-state index in [4.69, 9.17) is 0 Å². The Bertz CT molecular complexity index is 390. The minimum absolute atomic E-state index is 0.490. The molecule has 4 nitrogen and oxygen atoms in total. The summed E-state index contributed by atoms with van der Waals surface area (Å²) >= 11 is 0. The Morgan fingerprint density at radius 2 is 2.05 bits per heavy atom. The van der Waals surface area contributed by atoms with E-state index in [-0.39, 0.29) is 0 Å². The van der Waals surface area contributed by atoms with Crippen LogP contribution < -0.4 is 10.2 Å². The first-order valence-corrected chi connectivity index (χ1v) is 7.12. The molecule has 0 amide bonds. The van der Waals surface area contributed by atoms with Crippen LogP contribution in [-0.2, 0) is 6.54 Å². The van der Waals surface area contributed by atoms with Gasteiger partial charge in [-0.3, -0.25) is 0 Å². The lowest BCUT2D eigenvalue weighted by molar-refractivity contribution is 0.0350. The van der Waals surface area contributed by atoms with E-state index in [0.717, 1.165) is 38.3 Å². The molecule has 0 saturated carbocycles. The maximum absolute atomic E-state index is 9.95. The van der Waals surface area contributed by atoms with Gasteiger partial charge in [0.2, 0.25) is 0 Å². The van der Waals surface area contributed by atoms with Gasteiger partial charge >= 0.3 is 0 Å². The first kappa shape index (κ1) is 14.3. The first-order chi connectivity index (χ1) is 8.96. The maximum atomic E-state index is 9.95. The minimum atomic E-state index is -0.502. The van der Waals surface area contributed by atoms with Gasteiger partial charge in [0.15, 0.2) is 0 Å². The number of nitrogens with one attached hydrogen (secondary N) is 1. The third-order valence-corrected chi connectivity index (χ3v) is 3.69. The molecule has 4 heteroatoms. The summed E-state index contributed by atoms with van der Waals surface area (Å²) in [5, 5.41) is 13.3. The van der Waals surface area contributed by atoms with E-state index in [9.17, 15) is 5.11 Å². The summed E-state index contributed by atoms with van der Waals surface area (Å²) < 4.78 is 0. The second kappa shape index (κ2) is 5.88. The first-order valence-electron chi connectivity index (χ1n) is 7.12. The molecule has 0 bridgehead atoms. The summed E-state index contributed by atoms with van der Waals surface area (Å²) in [7, 11) is 0. The molecule has 1 aliphatic heterocycles. The number of hydrogen-bond donors (Lipinski definition) is 2. The van der Waals surface area contributed by atoms with E-state index in [2.05, 4.69) is 41.2 Å². The van der Waals surface area contributed by atoms with Crippen LogP contribution in [0.25, 0.3) is 0 Å². The van der Waals surface area contributed by atoms with Crippen molar-refractivity contribution in [2.24, 2.45) is 0 Å². The third kappa shape index (κ3) is 4.18. The van der Waals surface area contributed by atoms with Crippen LogP contribution in [0.3, 0.4) is 0 Å². The van der Waals surface area contributed by atoms with Crippen LogP contribution in [0.5, 0.6) is 0 Å². The van der Waals surface area contributed by atoms with Crippen molar-refractivity contribution < 1.29 is 5.11 Å². The fourth-order valence-electron chi connectivity index (χ4n) is 2.25. The van der Waals surface area contributed by atoms with Crippen LogP contribution in [0.4, 0.5) is 5.82 Å². The van der Waals surface area contributed by atoms with E-state index in [1.807, 2.05) is 13.1 Å². The molecule has 0 atom stereocenters. The quantitative estimate of drug-likeness (QED) is 0.871. The van der Waals surface area contributed by atoms with Gasteiger partial charge in [-0.2, -0.15) is 0 Å². The van der Waals surface area contributed by atoms with Gasteiger partial charge in [0.1, 0.15) is 5.82 Å². The smallest absolute Gasteiger partial charge is 0.128 e. The molecule has 0 aliphatic carbocycles. The van der Waals surface area contributed by atoms with Crippen molar-refractivity contribution in [3.63, 3.8) is 0 Å². The van der Waals surface area contributed by atoms with Gasteiger partial charge in [0.05, 0.1) is 5.60 Å². The van der Waals surface area contributed by atoms with Gasteiger partial charge < -0.3 is 15.3 Å². The second-order valence-electron chi connectivity index (χ2n) is 6.04. The number of aromatic nitrogens is 1. The van der Waals surface area contributed by atoms with Crippen molar-refractivity contribution >= 4 is 5.82 Å². The number of rotatable bonds is 4. The summed E-state index contributed by atoms with van der Waals surface area (Å²) in [6.07, 6.45) is 3.56. The molecule has 106 valence electrons. The molecule has 1 aromatic rings. The molecule has 0 unspecified atom stereocenters. The Kier molecular flexibility index (Phi) is 4.42. The van der Waals surface area contributed by atoms with E-state index in [1.54, 1.807) is 0 Å². The Labute approximate surface area is 115 Å². The van der Waals surface area contributed by atoms with Crippen molar-refractivity contribution in [3.8, 4) is 0 Å². The summed E-state index contributed by atoms with van der Waals surface area (Å²) in [6, 6.07) is 4.70. The zero-order valence-electron chi connectivity index (χ0n) is 12.2. The lowest BCUT2D eigenvalue weighted by Crippen LogP contribution is -2.42. The molecule has 0 radical (unpaired) electrons. The number of nitrogens with zero attached hydrogens (tertiary/aromatic N) is 2. The number of piperidine rings is 1. The van der Waals surface area contributed by atoms with Gasteiger partial charge in [-0.25, -0.2) is 4.98 Å². The summed E-state index contributed by atoms with van der Waals surface area (Å²) in [4.78, 5) is 6.78. The molecule has 0 aromatic carbocycles. The van der Waals surface area contributed by atoms with Gasteiger partial charge in [-0.1, -0.05) is 19.9 Å². The fraction of sp³-hybridized carbons (Fsp3) is 0.667. The van der Waals surface area contributed by atoms with E-state index >= 15 is 0 Å². The molecule has 2 rings (SSSR count). The van der Waals surface area contributed by atoms with Gasteiger partial charge in [0, 0.05) is 31.9 Å². The largest absolute Gasteiger partial charge is 0.390 e.